The molecule has 0 aliphatic carbocycles. The highest BCUT2D eigenvalue weighted by molar-refractivity contribution is 5.14. The van der Waals surface area contributed by atoms with E-state index in [4.69, 9.17) is 4.42 Å². The summed E-state index contributed by atoms with van der Waals surface area (Å²) >= 11 is 0. The zero-order valence-electron chi connectivity index (χ0n) is 9.44. The first-order chi connectivity index (χ1) is 7.16. The van der Waals surface area contributed by atoms with E-state index in [2.05, 4.69) is 11.8 Å². The maximum atomic E-state index is 9.50. The summed E-state index contributed by atoms with van der Waals surface area (Å²) in [4.78, 5) is 2.35. The minimum atomic E-state index is -0.187. The van der Waals surface area contributed by atoms with Gasteiger partial charge in [-0.3, -0.25) is 4.90 Å². The third-order valence-electron chi connectivity index (χ3n) is 3.33. The second kappa shape index (κ2) is 4.37. The van der Waals surface area contributed by atoms with Crippen LogP contribution in [0, 0.1) is 12.8 Å². The fraction of sp³-hybridized carbons (Fsp3) is 0.667. The molecule has 1 aliphatic heterocycles. The summed E-state index contributed by atoms with van der Waals surface area (Å²) in [6.45, 7) is 6.88. The molecule has 1 aromatic rings. The topological polar surface area (TPSA) is 36.6 Å². The van der Waals surface area contributed by atoms with Gasteiger partial charge in [0.15, 0.2) is 0 Å². The lowest BCUT2D eigenvalue weighted by atomic mass is 10.0. The highest BCUT2D eigenvalue weighted by atomic mass is 16.3. The average molecular weight is 209 g/mol. The van der Waals surface area contributed by atoms with Crippen molar-refractivity contribution in [1.29, 1.82) is 0 Å². The van der Waals surface area contributed by atoms with Gasteiger partial charge in [0.2, 0.25) is 0 Å². The molecule has 0 aromatic carbocycles. The van der Waals surface area contributed by atoms with Crippen LogP contribution >= 0.6 is 0 Å². The molecule has 1 N–H and O–H groups in total. The zero-order valence-corrected chi connectivity index (χ0v) is 9.44. The summed E-state index contributed by atoms with van der Waals surface area (Å²) in [5.74, 6) is 1.49. The Bertz CT molecular complexity index is 319. The van der Waals surface area contributed by atoms with Crippen molar-refractivity contribution >= 4 is 0 Å². The highest BCUT2D eigenvalue weighted by Gasteiger charge is 2.26. The smallest absolute Gasteiger partial charge is 0.120 e. The molecule has 1 aromatic heterocycles. The molecule has 15 heavy (non-hydrogen) atoms. The summed E-state index contributed by atoms with van der Waals surface area (Å²) in [6.07, 6.45) is 2.65. The Kier molecular flexibility index (Phi) is 3.12. The molecule has 1 fully saturated rings. The fourth-order valence-electron chi connectivity index (χ4n) is 2.17. The molecule has 0 amide bonds. The van der Waals surface area contributed by atoms with Gasteiger partial charge in [-0.1, -0.05) is 0 Å². The van der Waals surface area contributed by atoms with Crippen molar-refractivity contribution in [2.24, 2.45) is 5.92 Å². The SMILES string of the molecule is Cc1ccoc1CN1CCC(C(C)O)C1. The van der Waals surface area contributed by atoms with Crippen LogP contribution in [0.15, 0.2) is 16.7 Å². The van der Waals surface area contributed by atoms with Crippen molar-refractivity contribution in [2.45, 2.75) is 32.9 Å². The summed E-state index contributed by atoms with van der Waals surface area (Å²) < 4.78 is 5.42. The van der Waals surface area contributed by atoms with Crippen LogP contribution in [0.2, 0.25) is 0 Å². The Balaban J connectivity index is 1.90. The van der Waals surface area contributed by atoms with Gasteiger partial charge in [0.1, 0.15) is 5.76 Å². The molecule has 84 valence electrons. The molecular formula is C12H19NO2. The van der Waals surface area contributed by atoms with Gasteiger partial charge in [0.05, 0.1) is 18.9 Å². The Morgan fingerprint density at radius 1 is 1.67 bits per heavy atom. The Morgan fingerprint density at radius 3 is 3.00 bits per heavy atom. The second-order valence-corrected chi connectivity index (χ2v) is 4.55. The standard InChI is InChI=1S/C12H19NO2/c1-9-4-6-15-12(9)8-13-5-3-11(7-13)10(2)14/h4,6,10-11,14H,3,5,7-8H2,1-2H3. The molecule has 0 spiro atoms. The van der Waals surface area contributed by atoms with Gasteiger partial charge in [-0.15, -0.1) is 0 Å². The third-order valence-corrected chi connectivity index (χ3v) is 3.33. The van der Waals surface area contributed by atoms with Crippen molar-refractivity contribution < 1.29 is 9.52 Å². The number of aliphatic hydroxyl groups is 1. The molecule has 0 saturated carbocycles. The van der Waals surface area contributed by atoms with E-state index in [1.807, 2.05) is 13.0 Å². The second-order valence-electron chi connectivity index (χ2n) is 4.55. The van der Waals surface area contributed by atoms with Crippen LogP contribution in [-0.4, -0.2) is 29.2 Å². The van der Waals surface area contributed by atoms with Gasteiger partial charge in [0.25, 0.3) is 0 Å². The van der Waals surface area contributed by atoms with E-state index in [1.54, 1.807) is 6.26 Å². The monoisotopic (exact) mass is 209 g/mol. The maximum Gasteiger partial charge on any atom is 0.120 e. The van der Waals surface area contributed by atoms with E-state index in [1.165, 1.54) is 5.56 Å². The average Bonchev–Trinajstić information content (AvgIpc) is 2.77. The lowest BCUT2D eigenvalue weighted by Gasteiger charge is -2.16. The van der Waals surface area contributed by atoms with Gasteiger partial charge >= 0.3 is 0 Å². The van der Waals surface area contributed by atoms with Crippen molar-refractivity contribution in [3.63, 3.8) is 0 Å². The predicted molar refractivity (Wildman–Crippen MR) is 58.5 cm³/mol. The van der Waals surface area contributed by atoms with Gasteiger partial charge < -0.3 is 9.52 Å². The van der Waals surface area contributed by atoms with Crippen LogP contribution in [0.25, 0.3) is 0 Å². The zero-order chi connectivity index (χ0) is 10.8. The molecule has 2 heterocycles. The first kappa shape index (κ1) is 10.7. The number of nitrogens with zero attached hydrogens (tertiary/aromatic N) is 1. The van der Waals surface area contributed by atoms with E-state index >= 15 is 0 Å². The Morgan fingerprint density at radius 2 is 2.47 bits per heavy atom. The molecule has 0 bridgehead atoms. The fourth-order valence-corrected chi connectivity index (χ4v) is 2.17. The lowest BCUT2D eigenvalue weighted by Crippen LogP contribution is -2.24. The summed E-state index contributed by atoms with van der Waals surface area (Å²) in [6, 6.07) is 2.00. The summed E-state index contributed by atoms with van der Waals surface area (Å²) in [7, 11) is 0. The molecule has 0 radical (unpaired) electrons. The van der Waals surface area contributed by atoms with Gasteiger partial charge in [-0.05, 0) is 44.4 Å². The minimum absolute atomic E-state index is 0.187. The minimum Gasteiger partial charge on any atom is -0.468 e. The number of aryl methyl sites for hydroxylation is 1. The van der Waals surface area contributed by atoms with Gasteiger partial charge in [0, 0.05) is 6.54 Å². The van der Waals surface area contributed by atoms with Gasteiger partial charge in [-0.2, -0.15) is 0 Å². The molecule has 2 unspecified atom stereocenters. The maximum absolute atomic E-state index is 9.50. The number of hydrogen-bond donors (Lipinski definition) is 1. The summed E-state index contributed by atoms with van der Waals surface area (Å²) in [5, 5.41) is 9.50. The largest absolute Gasteiger partial charge is 0.468 e. The molecule has 3 heteroatoms. The predicted octanol–water partition coefficient (Wildman–Crippen LogP) is 1.79. The first-order valence-corrected chi connectivity index (χ1v) is 5.60. The number of hydrogen-bond acceptors (Lipinski definition) is 3. The lowest BCUT2D eigenvalue weighted by molar-refractivity contribution is 0.126. The quantitative estimate of drug-likeness (QED) is 0.824. The molecule has 2 atom stereocenters. The molecule has 1 saturated heterocycles. The van der Waals surface area contributed by atoms with E-state index in [-0.39, 0.29) is 6.10 Å². The van der Waals surface area contributed by atoms with Crippen molar-refractivity contribution in [3.05, 3.63) is 23.7 Å². The van der Waals surface area contributed by atoms with E-state index < -0.39 is 0 Å². The Labute approximate surface area is 90.7 Å². The number of likely N-dealkylation sites (tertiary alicyclic amines) is 1. The van der Waals surface area contributed by atoms with Crippen LogP contribution in [0.1, 0.15) is 24.7 Å². The van der Waals surface area contributed by atoms with Crippen LogP contribution < -0.4 is 0 Å². The van der Waals surface area contributed by atoms with Crippen molar-refractivity contribution in [2.75, 3.05) is 13.1 Å². The van der Waals surface area contributed by atoms with E-state index in [0.29, 0.717) is 5.92 Å². The highest BCUT2D eigenvalue weighted by Crippen LogP contribution is 2.22. The van der Waals surface area contributed by atoms with Crippen LogP contribution in [0.3, 0.4) is 0 Å². The Hall–Kier alpha value is -0.800. The van der Waals surface area contributed by atoms with Crippen LogP contribution in [0.4, 0.5) is 0 Å². The van der Waals surface area contributed by atoms with E-state index in [9.17, 15) is 5.11 Å². The molecule has 2 rings (SSSR count). The molecule has 3 nitrogen and oxygen atoms in total. The van der Waals surface area contributed by atoms with E-state index in [0.717, 1.165) is 31.8 Å². The number of aliphatic hydroxyl groups excluding tert-OH is 1. The summed E-state index contributed by atoms with van der Waals surface area (Å²) in [5.41, 5.74) is 1.22. The third kappa shape index (κ3) is 2.41. The van der Waals surface area contributed by atoms with Crippen molar-refractivity contribution in [3.8, 4) is 0 Å². The van der Waals surface area contributed by atoms with Gasteiger partial charge in [-0.25, -0.2) is 0 Å². The number of rotatable bonds is 3. The van der Waals surface area contributed by atoms with Crippen molar-refractivity contribution in [1.82, 2.24) is 4.90 Å². The van der Waals surface area contributed by atoms with Crippen LogP contribution in [0.5, 0.6) is 0 Å². The molecular weight excluding hydrogens is 190 g/mol. The van der Waals surface area contributed by atoms with Crippen LogP contribution in [-0.2, 0) is 6.54 Å². The normalized spacial score (nSPS) is 24.6. The number of furan rings is 1. The molecule has 1 aliphatic rings. The first-order valence-electron chi connectivity index (χ1n) is 5.60.